The van der Waals surface area contributed by atoms with Gasteiger partial charge in [0.25, 0.3) is 0 Å². The number of benzene rings is 1. The van der Waals surface area contributed by atoms with Crippen molar-refractivity contribution in [1.29, 1.82) is 0 Å². The Kier molecular flexibility index (Phi) is 6.85. The van der Waals surface area contributed by atoms with E-state index >= 15 is 0 Å². The third-order valence-corrected chi connectivity index (χ3v) is 3.75. The van der Waals surface area contributed by atoms with E-state index in [9.17, 15) is 0 Å². The lowest BCUT2D eigenvalue weighted by Crippen LogP contribution is -2.14. The molecule has 0 fully saturated rings. The Morgan fingerprint density at radius 3 is 2.35 bits per heavy atom. The largest absolute Gasteiger partial charge is 0.488 e. The van der Waals surface area contributed by atoms with Gasteiger partial charge in [0.1, 0.15) is 5.75 Å². The predicted molar refractivity (Wildman–Crippen MR) is 78.0 cm³/mol. The van der Waals surface area contributed by atoms with Gasteiger partial charge in [-0.15, -0.1) is 11.6 Å². The van der Waals surface area contributed by atoms with Crippen molar-refractivity contribution in [3.8, 4) is 5.75 Å². The lowest BCUT2D eigenvalue weighted by Gasteiger charge is -2.17. The summed E-state index contributed by atoms with van der Waals surface area (Å²) in [5.41, 5.74) is 1.04. The predicted octanol–water partition coefficient (Wildman–Crippen LogP) is 4.75. The Hall–Kier alpha value is 0.230. The van der Waals surface area contributed by atoms with Gasteiger partial charge in [-0.05, 0) is 56.5 Å². The summed E-state index contributed by atoms with van der Waals surface area (Å²) in [4.78, 5) is 0. The van der Waals surface area contributed by atoms with Crippen LogP contribution in [0.15, 0.2) is 21.1 Å². The Morgan fingerprint density at radius 1 is 1.29 bits per heavy atom. The normalized spacial score (nSPS) is 12.5. The molecule has 1 aromatic rings. The van der Waals surface area contributed by atoms with Crippen LogP contribution >= 0.6 is 43.5 Å². The fraction of sp³-hybridized carbons (Fsp3) is 0.500. The minimum atomic E-state index is 0.101. The molecule has 17 heavy (non-hydrogen) atoms. The summed E-state index contributed by atoms with van der Waals surface area (Å²) in [6.45, 7) is 2.71. The van der Waals surface area contributed by atoms with Crippen molar-refractivity contribution in [2.24, 2.45) is 0 Å². The molecule has 0 aliphatic carbocycles. The number of rotatable bonds is 6. The van der Waals surface area contributed by atoms with Gasteiger partial charge in [0.05, 0.1) is 15.0 Å². The smallest absolute Gasteiger partial charge is 0.148 e. The van der Waals surface area contributed by atoms with Gasteiger partial charge in [-0.25, -0.2) is 0 Å². The monoisotopic (exact) mass is 384 g/mol. The maximum atomic E-state index is 5.86. The van der Waals surface area contributed by atoms with Crippen molar-refractivity contribution in [2.45, 2.75) is 25.3 Å². The molecule has 5 heteroatoms. The Morgan fingerprint density at radius 2 is 1.88 bits per heavy atom. The summed E-state index contributed by atoms with van der Waals surface area (Å²) in [6.07, 6.45) is 0.955. The van der Waals surface area contributed by atoms with E-state index in [2.05, 4.69) is 31.9 Å². The molecule has 0 heterocycles. The van der Waals surface area contributed by atoms with Gasteiger partial charge in [0.15, 0.2) is 0 Å². The molecule has 0 aromatic heterocycles. The van der Waals surface area contributed by atoms with Crippen LogP contribution in [0.4, 0.5) is 0 Å². The van der Waals surface area contributed by atoms with Crippen molar-refractivity contribution in [2.75, 3.05) is 13.7 Å². The quantitative estimate of drug-likeness (QED) is 0.657. The van der Waals surface area contributed by atoms with Crippen molar-refractivity contribution >= 4 is 43.5 Å². The molecule has 0 bridgehead atoms. The molecule has 96 valence electrons. The molecule has 0 amide bonds. The first-order chi connectivity index (χ1) is 8.08. The molecule has 0 radical (unpaired) electrons. The average molecular weight is 387 g/mol. The molecule has 0 aliphatic rings. The second kappa shape index (κ2) is 7.62. The summed E-state index contributed by atoms with van der Waals surface area (Å²) in [5.74, 6) is 1.29. The molecule has 0 N–H and O–H groups in total. The minimum Gasteiger partial charge on any atom is -0.488 e. The summed E-state index contributed by atoms with van der Waals surface area (Å²) in [7, 11) is 1.69. The van der Waals surface area contributed by atoms with Crippen LogP contribution in [0.25, 0.3) is 0 Å². The standard InChI is InChI=1S/C12H15Br2ClO2/c1-8(3-4-16-2)17-12-10(13)5-9(7-15)6-11(12)14/h5-6,8H,3-4,7H2,1-2H3. The first kappa shape index (κ1) is 15.3. The van der Waals surface area contributed by atoms with Gasteiger partial charge in [-0.1, -0.05) is 0 Å². The lowest BCUT2D eigenvalue weighted by atomic mass is 10.2. The molecule has 0 saturated carbocycles. The van der Waals surface area contributed by atoms with E-state index in [0.29, 0.717) is 12.5 Å². The maximum Gasteiger partial charge on any atom is 0.148 e. The van der Waals surface area contributed by atoms with Gasteiger partial charge >= 0.3 is 0 Å². The first-order valence-electron chi connectivity index (χ1n) is 5.28. The first-order valence-corrected chi connectivity index (χ1v) is 7.40. The summed E-state index contributed by atoms with van der Waals surface area (Å²) in [6, 6.07) is 3.94. The number of alkyl halides is 1. The van der Waals surface area contributed by atoms with Gasteiger partial charge in [-0.3, -0.25) is 0 Å². The zero-order valence-electron chi connectivity index (χ0n) is 9.80. The highest BCUT2D eigenvalue weighted by Crippen LogP contribution is 2.36. The van der Waals surface area contributed by atoms with E-state index in [1.165, 1.54) is 0 Å². The molecule has 0 aliphatic heterocycles. The van der Waals surface area contributed by atoms with Crippen LogP contribution in [0.2, 0.25) is 0 Å². The van der Waals surface area contributed by atoms with E-state index in [4.69, 9.17) is 21.1 Å². The summed E-state index contributed by atoms with van der Waals surface area (Å²) < 4.78 is 12.7. The minimum absolute atomic E-state index is 0.101. The van der Waals surface area contributed by atoms with Crippen molar-refractivity contribution in [1.82, 2.24) is 0 Å². The molecule has 2 nitrogen and oxygen atoms in total. The summed E-state index contributed by atoms with van der Waals surface area (Å²) in [5, 5.41) is 0. The second-order valence-electron chi connectivity index (χ2n) is 3.73. The third-order valence-electron chi connectivity index (χ3n) is 2.26. The molecular weight excluding hydrogens is 371 g/mol. The van der Waals surface area contributed by atoms with Crippen molar-refractivity contribution in [3.05, 3.63) is 26.6 Å². The lowest BCUT2D eigenvalue weighted by molar-refractivity contribution is 0.134. The van der Waals surface area contributed by atoms with Crippen molar-refractivity contribution < 1.29 is 9.47 Å². The van der Waals surface area contributed by atoms with E-state index < -0.39 is 0 Å². The number of hydrogen-bond donors (Lipinski definition) is 0. The Balaban J connectivity index is 2.77. The number of methoxy groups -OCH3 is 1. The van der Waals surface area contributed by atoms with Crippen LogP contribution in [-0.2, 0) is 10.6 Å². The maximum absolute atomic E-state index is 5.86. The van der Waals surface area contributed by atoms with Crippen LogP contribution in [0.3, 0.4) is 0 Å². The van der Waals surface area contributed by atoms with Crippen LogP contribution in [0, 0.1) is 0 Å². The highest BCUT2D eigenvalue weighted by molar-refractivity contribution is 9.11. The van der Waals surface area contributed by atoms with Crippen LogP contribution in [-0.4, -0.2) is 19.8 Å². The van der Waals surface area contributed by atoms with Crippen LogP contribution in [0.5, 0.6) is 5.75 Å². The molecule has 1 atom stereocenters. The average Bonchev–Trinajstić information content (AvgIpc) is 2.30. The van der Waals surface area contributed by atoms with E-state index in [0.717, 1.165) is 26.7 Å². The second-order valence-corrected chi connectivity index (χ2v) is 5.71. The van der Waals surface area contributed by atoms with E-state index in [1.807, 2.05) is 19.1 Å². The van der Waals surface area contributed by atoms with Crippen LogP contribution < -0.4 is 4.74 Å². The number of halogens is 3. The number of ether oxygens (including phenoxy) is 2. The fourth-order valence-corrected chi connectivity index (χ4v) is 2.97. The third kappa shape index (κ3) is 4.78. The Labute approximate surface area is 124 Å². The zero-order valence-corrected chi connectivity index (χ0v) is 13.7. The highest BCUT2D eigenvalue weighted by Gasteiger charge is 2.12. The van der Waals surface area contributed by atoms with Gasteiger partial charge < -0.3 is 9.47 Å². The molecular formula is C12H15Br2ClO2. The van der Waals surface area contributed by atoms with Gasteiger partial charge in [0, 0.05) is 26.0 Å². The molecule has 1 rings (SSSR count). The van der Waals surface area contributed by atoms with Gasteiger partial charge in [-0.2, -0.15) is 0 Å². The van der Waals surface area contributed by atoms with E-state index in [-0.39, 0.29) is 6.10 Å². The SMILES string of the molecule is COCCC(C)Oc1c(Br)cc(CCl)cc1Br. The Bertz CT molecular complexity index is 349. The molecule has 0 spiro atoms. The fourth-order valence-electron chi connectivity index (χ4n) is 1.35. The van der Waals surface area contributed by atoms with Gasteiger partial charge in [0.2, 0.25) is 0 Å². The van der Waals surface area contributed by atoms with Crippen LogP contribution in [0.1, 0.15) is 18.9 Å². The molecule has 1 unspecified atom stereocenters. The summed E-state index contributed by atoms with van der Waals surface area (Å²) >= 11 is 12.8. The highest BCUT2D eigenvalue weighted by atomic mass is 79.9. The topological polar surface area (TPSA) is 18.5 Å². The molecule has 1 aromatic carbocycles. The molecule has 0 saturated heterocycles. The van der Waals surface area contributed by atoms with Crippen molar-refractivity contribution in [3.63, 3.8) is 0 Å². The van der Waals surface area contributed by atoms with E-state index in [1.54, 1.807) is 7.11 Å². The zero-order chi connectivity index (χ0) is 12.8. The number of hydrogen-bond acceptors (Lipinski definition) is 2.